The van der Waals surface area contributed by atoms with Crippen LogP contribution in [0.1, 0.15) is 30.0 Å². The summed E-state index contributed by atoms with van der Waals surface area (Å²) in [5.74, 6) is 1.55. The Bertz CT molecular complexity index is 913. The van der Waals surface area contributed by atoms with Crippen LogP contribution in [0, 0.1) is 6.92 Å². The van der Waals surface area contributed by atoms with Crippen LogP contribution >= 0.6 is 0 Å². The van der Waals surface area contributed by atoms with E-state index in [9.17, 15) is 4.79 Å². The van der Waals surface area contributed by atoms with Crippen molar-refractivity contribution in [3.63, 3.8) is 0 Å². The van der Waals surface area contributed by atoms with Gasteiger partial charge in [-0.1, -0.05) is 6.07 Å². The highest BCUT2D eigenvalue weighted by molar-refractivity contribution is 6.15. The molecule has 3 heterocycles. The lowest BCUT2D eigenvalue weighted by Crippen LogP contribution is -2.42. The van der Waals surface area contributed by atoms with E-state index in [-0.39, 0.29) is 5.78 Å². The first-order valence-corrected chi connectivity index (χ1v) is 7.75. The van der Waals surface area contributed by atoms with Gasteiger partial charge in [-0.15, -0.1) is 0 Å². The number of Topliss-reactive ketones (excluding diaryl/α,β-unsaturated/α-hetero) is 1. The van der Waals surface area contributed by atoms with Gasteiger partial charge in [0.15, 0.2) is 11.6 Å². The van der Waals surface area contributed by atoms with Crippen LogP contribution in [0.3, 0.4) is 0 Å². The third kappa shape index (κ3) is 2.03. The second-order valence-corrected chi connectivity index (χ2v) is 6.40. The van der Waals surface area contributed by atoms with Crippen LogP contribution in [0.5, 0.6) is 0 Å². The second-order valence-electron chi connectivity index (χ2n) is 6.40. The Labute approximate surface area is 139 Å². The Morgan fingerprint density at radius 3 is 2.50 bits per heavy atom. The zero-order valence-corrected chi connectivity index (χ0v) is 13.7. The number of carbonyl (C=O) groups is 1. The highest BCUT2D eigenvalue weighted by Gasteiger charge is 2.45. The first-order chi connectivity index (χ1) is 11.5. The highest BCUT2D eigenvalue weighted by atomic mass is 16.1. The number of aromatic amines is 1. The molecule has 3 aromatic rings. The van der Waals surface area contributed by atoms with Gasteiger partial charge in [-0.05, 0) is 38.5 Å². The Kier molecular flexibility index (Phi) is 3.03. The van der Waals surface area contributed by atoms with Crippen molar-refractivity contribution in [1.82, 2.24) is 19.9 Å². The molecule has 120 valence electrons. The summed E-state index contributed by atoms with van der Waals surface area (Å²) in [4.78, 5) is 30.6. The summed E-state index contributed by atoms with van der Waals surface area (Å²) in [7, 11) is 0. The number of ketones is 1. The van der Waals surface area contributed by atoms with Gasteiger partial charge in [0.1, 0.15) is 11.4 Å². The Morgan fingerprint density at radius 1 is 1.08 bits per heavy atom. The molecule has 1 N–H and O–H groups in total. The zero-order valence-electron chi connectivity index (χ0n) is 13.7. The maximum Gasteiger partial charge on any atom is 0.190 e. The van der Waals surface area contributed by atoms with Crippen LogP contribution < -0.4 is 4.90 Å². The third-order valence-corrected chi connectivity index (χ3v) is 4.43. The number of aryl methyl sites for hydroxylation is 1. The molecule has 0 unspecified atom stereocenters. The zero-order chi connectivity index (χ0) is 16.9. The number of H-pyrrole nitrogens is 1. The lowest BCUT2D eigenvalue weighted by Gasteiger charge is -2.30. The number of nitrogens with one attached hydrogen (secondary N) is 1. The predicted molar refractivity (Wildman–Crippen MR) is 91.3 cm³/mol. The number of hydrogen-bond donors (Lipinski definition) is 1. The van der Waals surface area contributed by atoms with Gasteiger partial charge in [0.25, 0.3) is 0 Å². The van der Waals surface area contributed by atoms with Gasteiger partial charge in [-0.25, -0.2) is 15.0 Å². The number of aromatic nitrogens is 4. The number of nitrogens with zero attached hydrogens (tertiary/aromatic N) is 4. The molecule has 6 nitrogen and oxygen atoms in total. The molecule has 1 aromatic carbocycles. The molecule has 0 amide bonds. The molecule has 0 fully saturated rings. The molecule has 24 heavy (non-hydrogen) atoms. The summed E-state index contributed by atoms with van der Waals surface area (Å²) in [6.45, 7) is 5.68. The number of rotatable bonds is 2. The van der Waals surface area contributed by atoms with E-state index >= 15 is 0 Å². The monoisotopic (exact) mass is 319 g/mol. The quantitative estimate of drug-likeness (QED) is 0.784. The van der Waals surface area contributed by atoms with E-state index in [1.807, 2.05) is 43.9 Å². The molecule has 0 bridgehead atoms. The summed E-state index contributed by atoms with van der Waals surface area (Å²) in [5.41, 5.74) is 2.78. The smallest absolute Gasteiger partial charge is 0.190 e. The number of imidazole rings is 1. The average Bonchev–Trinajstić information content (AvgIpc) is 3.14. The lowest BCUT2D eigenvalue weighted by atomic mass is 9.97. The Balaban J connectivity index is 1.88. The minimum absolute atomic E-state index is 0.0900. The fraction of sp³-hybridized carbons (Fsp3) is 0.222. The maximum atomic E-state index is 12.8. The number of hydrogen-bond acceptors (Lipinski definition) is 5. The van der Waals surface area contributed by atoms with Crippen LogP contribution in [0.15, 0.2) is 43.1 Å². The molecule has 6 heteroatoms. The van der Waals surface area contributed by atoms with Crippen molar-refractivity contribution in [3.8, 4) is 11.1 Å². The minimum atomic E-state index is -0.681. The molecule has 1 aliphatic rings. The van der Waals surface area contributed by atoms with Gasteiger partial charge < -0.3 is 9.88 Å². The van der Waals surface area contributed by atoms with Gasteiger partial charge in [0, 0.05) is 29.7 Å². The van der Waals surface area contributed by atoms with Crippen LogP contribution in [-0.2, 0) is 0 Å². The summed E-state index contributed by atoms with van der Waals surface area (Å²) in [5, 5.41) is 0. The summed E-state index contributed by atoms with van der Waals surface area (Å²) < 4.78 is 0. The molecule has 0 radical (unpaired) electrons. The number of anilines is 2. The van der Waals surface area contributed by atoms with Crippen molar-refractivity contribution in [2.75, 3.05) is 4.90 Å². The Morgan fingerprint density at radius 2 is 1.83 bits per heavy atom. The molecule has 0 saturated heterocycles. The van der Waals surface area contributed by atoms with Gasteiger partial charge in [-0.2, -0.15) is 0 Å². The van der Waals surface area contributed by atoms with Crippen molar-refractivity contribution in [1.29, 1.82) is 0 Å². The van der Waals surface area contributed by atoms with Gasteiger partial charge >= 0.3 is 0 Å². The van der Waals surface area contributed by atoms with Crippen LogP contribution in [0.25, 0.3) is 11.1 Å². The van der Waals surface area contributed by atoms with Crippen molar-refractivity contribution in [2.24, 2.45) is 0 Å². The summed E-state index contributed by atoms with van der Waals surface area (Å²) >= 11 is 0. The van der Waals surface area contributed by atoms with E-state index in [1.165, 1.54) is 0 Å². The van der Waals surface area contributed by atoms with E-state index in [1.54, 1.807) is 24.9 Å². The number of benzene rings is 1. The molecule has 0 spiro atoms. The summed E-state index contributed by atoms with van der Waals surface area (Å²) in [6, 6.07) is 5.82. The molecule has 2 aromatic heterocycles. The molecule has 0 saturated carbocycles. The largest absolute Gasteiger partial charge is 0.349 e. The van der Waals surface area contributed by atoms with Crippen molar-refractivity contribution in [3.05, 3.63) is 54.5 Å². The van der Waals surface area contributed by atoms with E-state index in [0.717, 1.165) is 28.5 Å². The van der Waals surface area contributed by atoms with Crippen molar-refractivity contribution in [2.45, 2.75) is 26.3 Å². The average molecular weight is 319 g/mol. The highest BCUT2D eigenvalue weighted by Crippen LogP contribution is 2.44. The van der Waals surface area contributed by atoms with Crippen molar-refractivity contribution >= 4 is 17.3 Å². The molecule has 0 aliphatic carbocycles. The molecular weight excluding hydrogens is 302 g/mol. The molecule has 0 atom stereocenters. The Hall–Kier alpha value is -3.02. The molecule has 1 aliphatic heterocycles. The third-order valence-electron chi connectivity index (χ3n) is 4.43. The van der Waals surface area contributed by atoms with E-state index < -0.39 is 5.54 Å². The van der Waals surface area contributed by atoms with Crippen molar-refractivity contribution < 1.29 is 4.79 Å². The lowest BCUT2D eigenvalue weighted by molar-refractivity contribution is 0.0929. The van der Waals surface area contributed by atoms with Gasteiger partial charge in [0.05, 0.1) is 12.0 Å². The first kappa shape index (κ1) is 14.6. The number of carbonyl (C=O) groups excluding carboxylic acids is 1. The van der Waals surface area contributed by atoms with Gasteiger partial charge in [-0.3, -0.25) is 4.79 Å². The van der Waals surface area contributed by atoms with Crippen LogP contribution in [0.4, 0.5) is 11.5 Å². The topological polar surface area (TPSA) is 74.8 Å². The van der Waals surface area contributed by atoms with Crippen LogP contribution in [-0.4, -0.2) is 31.3 Å². The molecule has 4 rings (SSSR count). The maximum absolute atomic E-state index is 12.8. The van der Waals surface area contributed by atoms with Crippen LogP contribution in [0.2, 0.25) is 0 Å². The normalized spacial score (nSPS) is 15.6. The fourth-order valence-electron chi connectivity index (χ4n) is 3.15. The van der Waals surface area contributed by atoms with E-state index in [2.05, 4.69) is 19.9 Å². The predicted octanol–water partition coefficient (Wildman–Crippen LogP) is 3.29. The fourth-order valence-corrected chi connectivity index (χ4v) is 3.15. The standard InChI is InChI=1S/C18H17N5O/c1-11-20-7-13(8-21-11)12-4-5-14-15(6-12)23(16-9-19-10-22-16)18(2,3)17(14)24/h4-10H,1-3H3,(H,19,22). The number of fused-ring (bicyclic) bond motifs is 1. The van der Waals surface area contributed by atoms with Gasteiger partial charge in [0.2, 0.25) is 0 Å². The van der Waals surface area contributed by atoms with E-state index in [4.69, 9.17) is 0 Å². The van der Waals surface area contributed by atoms with E-state index in [0.29, 0.717) is 5.56 Å². The first-order valence-electron chi connectivity index (χ1n) is 7.75. The second kappa shape index (κ2) is 4.99. The SMILES string of the molecule is Cc1ncc(-c2ccc3c(c2)N(c2c[nH]cn2)C(C)(C)C3=O)cn1. The molecular formula is C18H17N5O. The minimum Gasteiger partial charge on any atom is -0.349 e. The summed E-state index contributed by atoms with van der Waals surface area (Å²) in [6.07, 6.45) is 7.01.